The molecule has 3 aromatic rings. The van der Waals surface area contributed by atoms with Crippen LogP contribution in [0.2, 0.25) is 0 Å². The molecule has 0 saturated carbocycles. The van der Waals surface area contributed by atoms with E-state index in [1.54, 1.807) is 0 Å². The summed E-state index contributed by atoms with van der Waals surface area (Å²) in [5, 5.41) is 8.18. The number of furan rings is 1. The van der Waals surface area contributed by atoms with Gasteiger partial charge in [-0.3, -0.25) is 0 Å². The highest BCUT2D eigenvalue weighted by atomic mass is 16.5. The molecule has 0 aliphatic heterocycles. The van der Waals surface area contributed by atoms with Gasteiger partial charge in [-0.2, -0.15) is 4.98 Å². The van der Waals surface area contributed by atoms with Gasteiger partial charge in [0.05, 0.1) is 0 Å². The molecule has 0 amide bonds. The maximum atomic E-state index is 5.87. The van der Waals surface area contributed by atoms with E-state index in [-0.39, 0.29) is 0 Å². The topological polar surface area (TPSA) is 64.1 Å². The predicted molar refractivity (Wildman–Crippen MR) is 75.3 cm³/mol. The van der Waals surface area contributed by atoms with Crippen molar-refractivity contribution in [2.45, 2.75) is 26.3 Å². The van der Waals surface area contributed by atoms with Crippen LogP contribution in [0.15, 0.2) is 39.5 Å². The summed E-state index contributed by atoms with van der Waals surface area (Å²) in [4.78, 5) is 4.00. The van der Waals surface area contributed by atoms with E-state index in [4.69, 9.17) is 8.94 Å². The standard InChI is InChI=1S/C15H17N3O2/c1-2-13-12(11-5-3-4-6-14(11)19-13)9-16-8-7-15-17-10-18-20-15/h3-6,10,16H,2,7-9H2,1H3. The maximum Gasteiger partial charge on any atom is 0.227 e. The average Bonchev–Trinajstić information content (AvgIpc) is 3.11. The number of nitrogens with one attached hydrogen (secondary N) is 1. The Bertz CT molecular complexity index is 674. The van der Waals surface area contributed by atoms with Gasteiger partial charge < -0.3 is 14.3 Å². The fraction of sp³-hybridized carbons (Fsp3) is 0.333. The van der Waals surface area contributed by atoms with Crippen molar-refractivity contribution < 1.29 is 8.94 Å². The van der Waals surface area contributed by atoms with Crippen molar-refractivity contribution in [3.05, 3.63) is 47.8 Å². The summed E-state index contributed by atoms with van der Waals surface area (Å²) in [5.74, 6) is 1.71. The van der Waals surface area contributed by atoms with Gasteiger partial charge in [-0.15, -0.1) is 0 Å². The van der Waals surface area contributed by atoms with Crippen molar-refractivity contribution in [3.8, 4) is 0 Å². The van der Waals surface area contributed by atoms with Crippen LogP contribution >= 0.6 is 0 Å². The first-order valence-electron chi connectivity index (χ1n) is 6.84. The summed E-state index contributed by atoms with van der Waals surface area (Å²) < 4.78 is 10.8. The van der Waals surface area contributed by atoms with Gasteiger partial charge in [-0.05, 0) is 6.07 Å². The normalized spacial score (nSPS) is 11.2. The largest absolute Gasteiger partial charge is 0.461 e. The molecule has 2 aromatic heterocycles. The molecule has 1 N–H and O–H groups in total. The Hall–Kier alpha value is -2.14. The third-order valence-corrected chi connectivity index (χ3v) is 3.33. The highest BCUT2D eigenvalue weighted by Crippen LogP contribution is 2.26. The summed E-state index contributed by atoms with van der Waals surface area (Å²) in [6.45, 7) is 3.69. The number of rotatable bonds is 6. The average molecular weight is 271 g/mol. The van der Waals surface area contributed by atoms with Crippen LogP contribution in [0, 0.1) is 0 Å². The lowest BCUT2D eigenvalue weighted by molar-refractivity contribution is 0.375. The van der Waals surface area contributed by atoms with E-state index in [9.17, 15) is 0 Å². The molecule has 0 aliphatic rings. The van der Waals surface area contributed by atoms with Crippen molar-refractivity contribution in [3.63, 3.8) is 0 Å². The molecule has 2 heterocycles. The Balaban J connectivity index is 1.67. The number of fused-ring (bicyclic) bond motifs is 1. The van der Waals surface area contributed by atoms with Crippen LogP contribution in [0.4, 0.5) is 0 Å². The van der Waals surface area contributed by atoms with Gasteiger partial charge in [0.15, 0.2) is 6.33 Å². The highest BCUT2D eigenvalue weighted by molar-refractivity contribution is 5.82. The van der Waals surface area contributed by atoms with E-state index in [0.29, 0.717) is 5.89 Å². The maximum absolute atomic E-state index is 5.87. The Morgan fingerprint density at radius 3 is 2.95 bits per heavy atom. The zero-order valence-corrected chi connectivity index (χ0v) is 11.4. The minimum absolute atomic E-state index is 0.658. The van der Waals surface area contributed by atoms with Gasteiger partial charge in [0.1, 0.15) is 11.3 Å². The minimum atomic E-state index is 0.658. The molecule has 0 radical (unpaired) electrons. The molecule has 20 heavy (non-hydrogen) atoms. The van der Waals surface area contributed by atoms with Crippen LogP contribution in [-0.4, -0.2) is 16.7 Å². The zero-order chi connectivity index (χ0) is 13.8. The number of aryl methyl sites for hydroxylation is 1. The second kappa shape index (κ2) is 5.88. The number of benzene rings is 1. The minimum Gasteiger partial charge on any atom is -0.461 e. The molecule has 0 saturated heterocycles. The molecule has 0 atom stereocenters. The summed E-state index contributed by atoms with van der Waals surface area (Å²) in [6, 6.07) is 8.15. The van der Waals surface area contributed by atoms with E-state index in [2.05, 4.69) is 28.4 Å². The van der Waals surface area contributed by atoms with E-state index in [1.165, 1.54) is 17.3 Å². The second-order valence-corrected chi connectivity index (χ2v) is 4.62. The molecule has 0 aliphatic carbocycles. The SMILES string of the molecule is CCc1oc2ccccc2c1CNCCc1ncno1. The van der Waals surface area contributed by atoms with Crippen LogP contribution in [-0.2, 0) is 19.4 Å². The predicted octanol–water partition coefficient (Wildman–Crippen LogP) is 2.71. The molecule has 0 spiro atoms. The summed E-state index contributed by atoms with van der Waals surface area (Å²) in [7, 11) is 0. The smallest absolute Gasteiger partial charge is 0.227 e. The third-order valence-electron chi connectivity index (χ3n) is 3.33. The van der Waals surface area contributed by atoms with E-state index < -0.39 is 0 Å². The number of hydrogen-bond donors (Lipinski definition) is 1. The fourth-order valence-corrected chi connectivity index (χ4v) is 2.34. The summed E-state index contributed by atoms with van der Waals surface area (Å²) in [5.41, 5.74) is 2.20. The summed E-state index contributed by atoms with van der Waals surface area (Å²) >= 11 is 0. The van der Waals surface area contributed by atoms with Crippen molar-refractivity contribution in [2.75, 3.05) is 6.54 Å². The van der Waals surface area contributed by atoms with Crippen molar-refractivity contribution >= 4 is 11.0 Å². The Kier molecular flexibility index (Phi) is 3.78. The summed E-state index contributed by atoms with van der Waals surface area (Å²) in [6.07, 6.45) is 3.06. The highest BCUT2D eigenvalue weighted by Gasteiger charge is 2.11. The van der Waals surface area contributed by atoms with E-state index in [0.717, 1.165) is 37.3 Å². The van der Waals surface area contributed by atoms with Gasteiger partial charge in [0, 0.05) is 36.9 Å². The van der Waals surface area contributed by atoms with Gasteiger partial charge in [0.25, 0.3) is 0 Å². The molecule has 0 bridgehead atoms. The second-order valence-electron chi connectivity index (χ2n) is 4.62. The van der Waals surface area contributed by atoms with Crippen LogP contribution in [0.5, 0.6) is 0 Å². The van der Waals surface area contributed by atoms with Gasteiger partial charge in [-0.1, -0.05) is 30.3 Å². The molecular formula is C15H17N3O2. The Morgan fingerprint density at radius 2 is 2.15 bits per heavy atom. The molecule has 104 valence electrons. The first-order valence-corrected chi connectivity index (χ1v) is 6.84. The van der Waals surface area contributed by atoms with E-state index >= 15 is 0 Å². The molecule has 3 rings (SSSR count). The number of hydrogen-bond acceptors (Lipinski definition) is 5. The Morgan fingerprint density at radius 1 is 1.25 bits per heavy atom. The van der Waals surface area contributed by atoms with Gasteiger partial charge >= 0.3 is 0 Å². The number of nitrogens with zero attached hydrogens (tertiary/aromatic N) is 2. The molecular weight excluding hydrogens is 254 g/mol. The first kappa shape index (κ1) is 12.9. The van der Waals surface area contributed by atoms with Gasteiger partial charge in [-0.25, -0.2) is 0 Å². The molecule has 1 aromatic carbocycles. The quantitative estimate of drug-likeness (QED) is 0.698. The number of aromatic nitrogens is 2. The van der Waals surface area contributed by atoms with Crippen molar-refractivity contribution in [2.24, 2.45) is 0 Å². The molecule has 5 heteroatoms. The molecule has 5 nitrogen and oxygen atoms in total. The monoisotopic (exact) mass is 271 g/mol. The van der Waals surface area contributed by atoms with Crippen LogP contribution < -0.4 is 5.32 Å². The lowest BCUT2D eigenvalue weighted by atomic mass is 10.1. The lowest BCUT2D eigenvalue weighted by Gasteiger charge is -2.03. The van der Waals surface area contributed by atoms with Crippen LogP contribution in [0.3, 0.4) is 0 Å². The van der Waals surface area contributed by atoms with Gasteiger partial charge in [0.2, 0.25) is 5.89 Å². The number of para-hydroxylation sites is 1. The third kappa shape index (κ3) is 2.58. The van der Waals surface area contributed by atoms with E-state index in [1.807, 2.05) is 18.2 Å². The fourth-order valence-electron chi connectivity index (χ4n) is 2.34. The first-order chi connectivity index (χ1) is 9.88. The van der Waals surface area contributed by atoms with Crippen LogP contribution in [0.1, 0.15) is 24.1 Å². The Labute approximate surface area is 117 Å². The lowest BCUT2D eigenvalue weighted by Crippen LogP contribution is -2.17. The zero-order valence-electron chi connectivity index (χ0n) is 11.4. The molecule has 0 fully saturated rings. The van der Waals surface area contributed by atoms with Crippen molar-refractivity contribution in [1.82, 2.24) is 15.5 Å². The van der Waals surface area contributed by atoms with Crippen LogP contribution in [0.25, 0.3) is 11.0 Å². The molecule has 0 unspecified atom stereocenters. The van der Waals surface area contributed by atoms with Crippen molar-refractivity contribution in [1.29, 1.82) is 0 Å².